The first-order chi connectivity index (χ1) is 6.57. The van der Waals surface area contributed by atoms with Gasteiger partial charge in [-0.05, 0) is 0 Å². The van der Waals surface area contributed by atoms with Crippen molar-refractivity contribution in [3.63, 3.8) is 0 Å². The number of halogens is 2. The maximum Gasteiger partial charge on any atom is 0.335 e. The molecule has 0 rings (SSSR count). The fourth-order valence-corrected chi connectivity index (χ4v) is 0.829. The molecular formula is C9H12Br2O3. The normalized spacial score (nSPS) is 9.93. The van der Waals surface area contributed by atoms with Gasteiger partial charge in [0.2, 0.25) is 0 Å². The third-order valence-corrected chi connectivity index (χ3v) is 1.67. The maximum atomic E-state index is 11.2. The third kappa shape index (κ3) is 7.29. The number of alkyl halides is 2. The van der Waals surface area contributed by atoms with Crippen LogP contribution in [0.25, 0.3) is 0 Å². The van der Waals surface area contributed by atoms with E-state index in [0.717, 1.165) is 0 Å². The molecule has 80 valence electrons. The highest BCUT2D eigenvalue weighted by Crippen LogP contribution is 2.08. The Balaban J connectivity index is 3.65. The number of carbonyl (C=O) groups excluding carboxylic acids is 1. The van der Waals surface area contributed by atoms with Crippen molar-refractivity contribution in [2.24, 2.45) is 0 Å². The van der Waals surface area contributed by atoms with Crippen LogP contribution in [-0.2, 0) is 14.3 Å². The topological polar surface area (TPSA) is 35.5 Å². The first-order valence-corrected chi connectivity index (χ1v) is 5.72. The summed E-state index contributed by atoms with van der Waals surface area (Å²) in [5.74, 6) is -0.446. The second-order valence-corrected chi connectivity index (χ2v) is 5.84. The SMILES string of the molecule is C=CCOCC(=C)C(=O)OCC(Br)Br. The van der Waals surface area contributed by atoms with Gasteiger partial charge in [-0.1, -0.05) is 44.5 Å². The van der Waals surface area contributed by atoms with Gasteiger partial charge in [-0.15, -0.1) is 6.58 Å². The van der Waals surface area contributed by atoms with E-state index in [1.165, 1.54) is 0 Å². The lowest BCUT2D eigenvalue weighted by Crippen LogP contribution is -2.14. The number of hydrogen-bond acceptors (Lipinski definition) is 3. The molecule has 0 aliphatic carbocycles. The smallest absolute Gasteiger partial charge is 0.335 e. The summed E-state index contributed by atoms with van der Waals surface area (Å²) in [6, 6.07) is 0. The van der Waals surface area contributed by atoms with Crippen LogP contribution in [0, 0.1) is 0 Å². The van der Waals surface area contributed by atoms with Gasteiger partial charge in [-0.3, -0.25) is 0 Å². The number of carbonyl (C=O) groups is 1. The van der Waals surface area contributed by atoms with Gasteiger partial charge >= 0.3 is 5.97 Å². The molecule has 0 saturated carbocycles. The summed E-state index contributed by atoms with van der Waals surface area (Å²) in [5, 5.41) is 0. The lowest BCUT2D eigenvalue weighted by molar-refractivity contribution is -0.139. The Bertz CT molecular complexity index is 214. The first-order valence-electron chi connectivity index (χ1n) is 3.89. The second-order valence-electron chi connectivity index (χ2n) is 2.40. The summed E-state index contributed by atoms with van der Waals surface area (Å²) in [5.41, 5.74) is 0.299. The van der Waals surface area contributed by atoms with Crippen LogP contribution in [0.3, 0.4) is 0 Å². The van der Waals surface area contributed by atoms with E-state index in [-0.39, 0.29) is 17.0 Å². The van der Waals surface area contributed by atoms with E-state index in [4.69, 9.17) is 9.47 Å². The molecule has 14 heavy (non-hydrogen) atoms. The molecule has 3 nitrogen and oxygen atoms in total. The predicted molar refractivity (Wildman–Crippen MR) is 62.8 cm³/mol. The van der Waals surface area contributed by atoms with Crippen molar-refractivity contribution in [3.8, 4) is 0 Å². The van der Waals surface area contributed by atoms with E-state index in [1.807, 2.05) is 0 Å². The van der Waals surface area contributed by atoms with E-state index in [2.05, 4.69) is 45.0 Å². The Morgan fingerprint density at radius 2 is 2.14 bits per heavy atom. The maximum absolute atomic E-state index is 11.2. The molecule has 0 N–H and O–H groups in total. The van der Waals surface area contributed by atoms with Crippen molar-refractivity contribution < 1.29 is 14.3 Å². The first kappa shape index (κ1) is 13.9. The molecule has 0 atom stereocenters. The summed E-state index contributed by atoms with van der Waals surface area (Å²) in [6.45, 7) is 7.83. The summed E-state index contributed by atoms with van der Waals surface area (Å²) in [7, 11) is 0. The summed E-state index contributed by atoms with van der Waals surface area (Å²) < 4.78 is 9.85. The minimum atomic E-state index is -0.446. The molecule has 5 heteroatoms. The molecule has 0 radical (unpaired) electrons. The molecule has 0 aromatic carbocycles. The summed E-state index contributed by atoms with van der Waals surface area (Å²) >= 11 is 6.36. The Labute approximate surface area is 100 Å². The minimum absolute atomic E-state index is 0.0409. The standard InChI is InChI=1S/C9H12Br2O3/c1-3-4-13-5-7(2)9(12)14-6-8(10)11/h3,8H,1-2,4-6H2. The number of esters is 1. The highest BCUT2D eigenvalue weighted by atomic mass is 79.9. The van der Waals surface area contributed by atoms with Gasteiger partial charge in [0.1, 0.15) is 10.3 Å². The van der Waals surface area contributed by atoms with Crippen LogP contribution in [0.4, 0.5) is 0 Å². The molecule has 0 fully saturated rings. The average molecular weight is 328 g/mol. The molecule has 0 aliphatic heterocycles. The second kappa shape index (κ2) is 8.20. The van der Waals surface area contributed by atoms with Crippen molar-refractivity contribution in [1.82, 2.24) is 0 Å². The molecule has 0 amide bonds. The van der Waals surface area contributed by atoms with Crippen LogP contribution < -0.4 is 0 Å². The van der Waals surface area contributed by atoms with Crippen LogP contribution in [0.1, 0.15) is 0 Å². The van der Waals surface area contributed by atoms with Gasteiger partial charge in [0.15, 0.2) is 0 Å². The van der Waals surface area contributed by atoms with E-state index < -0.39 is 5.97 Å². The van der Waals surface area contributed by atoms with Crippen LogP contribution in [0.2, 0.25) is 0 Å². The molecule has 0 aromatic rings. The molecule has 0 spiro atoms. The summed E-state index contributed by atoms with van der Waals surface area (Å²) in [4.78, 5) is 11.2. The van der Waals surface area contributed by atoms with Crippen molar-refractivity contribution in [1.29, 1.82) is 0 Å². The Morgan fingerprint density at radius 3 is 2.64 bits per heavy atom. The van der Waals surface area contributed by atoms with Gasteiger partial charge < -0.3 is 9.47 Å². The quantitative estimate of drug-likeness (QED) is 0.237. The van der Waals surface area contributed by atoms with Crippen LogP contribution in [0.5, 0.6) is 0 Å². The van der Waals surface area contributed by atoms with E-state index >= 15 is 0 Å². The minimum Gasteiger partial charge on any atom is -0.460 e. The highest BCUT2D eigenvalue weighted by molar-refractivity contribution is 9.24. The third-order valence-electron chi connectivity index (χ3n) is 1.14. The Kier molecular flexibility index (Phi) is 8.12. The summed E-state index contributed by atoms with van der Waals surface area (Å²) in [6.07, 6.45) is 1.60. The van der Waals surface area contributed by atoms with Gasteiger partial charge in [0.25, 0.3) is 0 Å². The zero-order valence-electron chi connectivity index (χ0n) is 7.67. The van der Waals surface area contributed by atoms with Crippen molar-refractivity contribution >= 4 is 37.8 Å². The van der Waals surface area contributed by atoms with Crippen molar-refractivity contribution in [2.45, 2.75) is 3.74 Å². The molecular weight excluding hydrogens is 316 g/mol. The van der Waals surface area contributed by atoms with Gasteiger partial charge in [0.05, 0.1) is 18.8 Å². The van der Waals surface area contributed by atoms with Crippen molar-refractivity contribution in [2.75, 3.05) is 19.8 Å². The zero-order valence-corrected chi connectivity index (χ0v) is 10.8. The molecule has 0 unspecified atom stereocenters. The number of rotatable bonds is 7. The number of hydrogen-bond donors (Lipinski definition) is 0. The van der Waals surface area contributed by atoms with Gasteiger partial charge in [-0.2, -0.15) is 0 Å². The molecule has 0 saturated heterocycles. The molecule has 0 bridgehead atoms. The van der Waals surface area contributed by atoms with Crippen molar-refractivity contribution in [3.05, 3.63) is 24.8 Å². The fourth-order valence-electron chi connectivity index (χ4n) is 0.565. The molecule has 0 aliphatic rings. The van der Waals surface area contributed by atoms with Crippen LogP contribution in [-0.4, -0.2) is 29.5 Å². The predicted octanol–water partition coefficient (Wildman–Crippen LogP) is 2.40. The van der Waals surface area contributed by atoms with Crippen LogP contribution in [0.15, 0.2) is 24.8 Å². The lowest BCUT2D eigenvalue weighted by atomic mass is 10.3. The molecule has 0 heterocycles. The lowest BCUT2D eigenvalue weighted by Gasteiger charge is -2.07. The van der Waals surface area contributed by atoms with Gasteiger partial charge in [-0.25, -0.2) is 4.79 Å². The monoisotopic (exact) mass is 326 g/mol. The Hall–Kier alpha value is -0.130. The van der Waals surface area contributed by atoms with E-state index in [9.17, 15) is 4.79 Å². The largest absolute Gasteiger partial charge is 0.460 e. The number of ether oxygens (including phenoxy) is 2. The van der Waals surface area contributed by atoms with Crippen LogP contribution >= 0.6 is 31.9 Å². The average Bonchev–Trinajstić information content (AvgIpc) is 2.14. The fraction of sp³-hybridized carbons (Fsp3) is 0.444. The zero-order chi connectivity index (χ0) is 11.0. The Morgan fingerprint density at radius 1 is 1.50 bits per heavy atom. The highest BCUT2D eigenvalue weighted by Gasteiger charge is 2.09. The molecule has 0 aromatic heterocycles. The van der Waals surface area contributed by atoms with E-state index in [0.29, 0.717) is 12.2 Å². The van der Waals surface area contributed by atoms with Gasteiger partial charge in [0, 0.05) is 0 Å². The van der Waals surface area contributed by atoms with E-state index in [1.54, 1.807) is 6.08 Å².